The highest BCUT2D eigenvalue weighted by Crippen LogP contribution is 2.24. The van der Waals surface area contributed by atoms with Gasteiger partial charge in [-0.1, -0.05) is 30.3 Å². The zero-order chi connectivity index (χ0) is 14.9. The molecule has 1 heterocycles. The Kier molecular flexibility index (Phi) is 12.6. The number of amides is 1. The normalized spacial score (nSPS) is 15.9. The first-order valence-corrected chi connectivity index (χ1v) is 8.77. The molecule has 7 heteroatoms. The van der Waals surface area contributed by atoms with Crippen molar-refractivity contribution in [1.29, 1.82) is 0 Å². The van der Waals surface area contributed by atoms with E-state index in [0.29, 0.717) is 0 Å². The number of nitrogens with one attached hydrogen (secondary N) is 2. The molecule has 0 aliphatic carbocycles. The van der Waals surface area contributed by atoms with Gasteiger partial charge in [-0.05, 0) is 25.6 Å². The molecule has 1 fully saturated rings. The summed E-state index contributed by atoms with van der Waals surface area (Å²) in [5.41, 5.74) is 1.09. The predicted octanol–water partition coefficient (Wildman–Crippen LogP) is 2.35. The number of halogens is 2. The van der Waals surface area contributed by atoms with Crippen molar-refractivity contribution < 1.29 is 4.79 Å². The molecule has 2 rings (SSSR count). The van der Waals surface area contributed by atoms with Crippen molar-refractivity contribution >= 4 is 42.5 Å². The van der Waals surface area contributed by atoms with E-state index in [1.165, 1.54) is 0 Å². The second-order valence-corrected chi connectivity index (χ2v) is 6.43. The van der Waals surface area contributed by atoms with Gasteiger partial charge in [-0.15, -0.1) is 24.8 Å². The number of benzene rings is 1. The highest BCUT2D eigenvalue weighted by molar-refractivity contribution is 7.99. The summed E-state index contributed by atoms with van der Waals surface area (Å²) in [4.78, 5) is 14.9. The van der Waals surface area contributed by atoms with Gasteiger partial charge >= 0.3 is 0 Å². The first kappa shape index (κ1) is 22.5. The summed E-state index contributed by atoms with van der Waals surface area (Å²) in [6.07, 6.45) is 0.958. The third-order valence-electron chi connectivity index (χ3n) is 3.68. The molecular formula is C16H27Cl2N3OS. The Hall–Kier alpha value is -0.460. The second-order valence-electron chi connectivity index (χ2n) is 5.21. The molecule has 1 aromatic rings. The van der Waals surface area contributed by atoms with Crippen molar-refractivity contribution in [2.75, 3.05) is 44.7 Å². The van der Waals surface area contributed by atoms with Crippen LogP contribution in [0.15, 0.2) is 30.3 Å². The van der Waals surface area contributed by atoms with E-state index in [9.17, 15) is 4.79 Å². The number of hydrogen-bond acceptors (Lipinski definition) is 4. The quantitative estimate of drug-likeness (QED) is 0.713. The number of rotatable bonds is 7. The molecule has 1 aliphatic rings. The average molecular weight is 380 g/mol. The van der Waals surface area contributed by atoms with Crippen molar-refractivity contribution in [3.63, 3.8) is 0 Å². The van der Waals surface area contributed by atoms with Gasteiger partial charge in [0.1, 0.15) is 6.04 Å². The maximum atomic E-state index is 12.6. The number of thioether (sulfide) groups is 1. The molecule has 0 bridgehead atoms. The van der Waals surface area contributed by atoms with Crippen LogP contribution in [0.25, 0.3) is 0 Å². The molecule has 23 heavy (non-hydrogen) atoms. The van der Waals surface area contributed by atoms with Crippen molar-refractivity contribution in [3.05, 3.63) is 35.9 Å². The second kappa shape index (κ2) is 12.9. The number of carbonyl (C=O) groups excluding carboxylic acids is 1. The van der Waals surface area contributed by atoms with E-state index >= 15 is 0 Å². The van der Waals surface area contributed by atoms with Gasteiger partial charge in [0.2, 0.25) is 5.91 Å². The molecule has 4 nitrogen and oxygen atoms in total. The van der Waals surface area contributed by atoms with E-state index in [2.05, 4.69) is 27.7 Å². The van der Waals surface area contributed by atoms with Gasteiger partial charge in [-0.3, -0.25) is 9.69 Å². The van der Waals surface area contributed by atoms with Gasteiger partial charge in [-0.2, -0.15) is 11.8 Å². The van der Waals surface area contributed by atoms with Crippen molar-refractivity contribution in [2.45, 2.75) is 12.5 Å². The standard InChI is InChI=1S/C16H25N3OS.2ClH/c1-17-8-5-9-18-16(20)15(14-6-3-2-4-7-14)19-10-12-21-13-11-19;;/h2-4,6-7,15,17H,5,8-13H2,1H3,(H,18,20);2*1H. The average Bonchev–Trinajstić information content (AvgIpc) is 2.54. The summed E-state index contributed by atoms with van der Waals surface area (Å²) in [6, 6.07) is 9.98. The van der Waals surface area contributed by atoms with E-state index in [1.54, 1.807) is 0 Å². The Balaban J connectivity index is 0.00000242. The van der Waals surface area contributed by atoms with Crippen LogP contribution in [0.5, 0.6) is 0 Å². The van der Waals surface area contributed by atoms with Gasteiger partial charge in [-0.25, -0.2) is 0 Å². The third-order valence-corrected chi connectivity index (χ3v) is 4.62. The third kappa shape index (κ3) is 7.31. The van der Waals surface area contributed by atoms with Gasteiger partial charge in [0.15, 0.2) is 0 Å². The fourth-order valence-corrected chi connectivity index (χ4v) is 3.50. The monoisotopic (exact) mass is 379 g/mol. The molecule has 1 atom stereocenters. The fourth-order valence-electron chi connectivity index (χ4n) is 2.57. The van der Waals surface area contributed by atoms with E-state index in [0.717, 1.165) is 49.7 Å². The SMILES string of the molecule is CNCCCNC(=O)C(c1ccccc1)N1CCSCC1.Cl.Cl. The molecule has 0 saturated carbocycles. The summed E-state index contributed by atoms with van der Waals surface area (Å²) < 4.78 is 0. The first-order valence-electron chi connectivity index (χ1n) is 7.62. The molecule has 2 N–H and O–H groups in total. The van der Waals surface area contributed by atoms with E-state index in [1.807, 2.05) is 37.0 Å². The molecule has 0 aromatic heterocycles. The van der Waals surface area contributed by atoms with Gasteiger partial charge in [0.05, 0.1) is 0 Å². The van der Waals surface area contributed by atoms with Crippen molar-refractivity contribution in [2.24, 2.45) is 0 Å². The van der Waals surface area contributed by atoms with Crippen LogP contribution >= 0.6 is 36.6 Å². The van der Waals surface area contributed by atoms with Crippen molar-refractivity contribution in [3.8, 4) is 0 Å². The molecule has 1 amide bonds. The lowest BCUT2D eigenvalue weighted by molar-refractivity contribution is -0.126. The molecule has 1 saturated heterocycles. The Morgan fingerprint density at radius 1 is 1.17 bits per heavy atom. The van der Waals surface area contributed by atoms with Crippen LogP contribution in [-0.4, -0.2) is 55.5 Å². The molecule has 0 spiro atoms. The maximum absolute atomic E-state index is 12.6. The first-order chi connectivity index (χ1) is 10.3. The van der Waals surface area contributed by atoms with E-state index in [-0.39, 0.29) is 36.8 Å². The van der Waals surface area contributed by atoms with Crippen LogP contribution in [0.1, 0.15) is 18.0 Å². The zero-order valence-corrected chi connectivity index (χ0v) is 15.9. The summed E-state index contributed by atoms with van der Waals surface area (Å²) in [5, 5.41) is 6.19. The maximum Gasteiger partial charge on any atom is 0.241 e. The van der Waals surface area contributed by atoms with E-state index < -0.39 is 0 Å². The largest absolute Gasteiger partial charge is 0.354 e. The smallest absolute Gasteiger partial charge is 0.241 e. The molecular weight excluding hydrogens is 353 g/mol. The topological polar surface area (TPSA) is 44.4 Å². The van der Waals surface area contributed by atoms with Crippen LogP contribution in [-0.2, 0) is 4.79 Å². The molecule has 132 valence electrons. The Morgan fingerprint density at radius 3 is 2.43 bits per heavy atom. The van der Waals surface area contributed by atoms with Crippen LogP contribution < -0.4 is 10.6 Å². The zero-order valence-electron chi connectivity index (χ0n) is 13.5. The molecule has 0 radical (unpaired) electrons. The number of nitrogens with zero attached hydrogens (tertiary/aromatic N) is 1. The van der Waals surface area contributed by atoms with Gasteiger partial charge in [0, 0.05) is 31.1 Å². The number of carbonyl (C=O) groups is 1. The summed E-state index contributed by atoms with van der Waals surface area (Å²) in [6.45, 7) is 3.62. The Labute approximate surface area is 156 Å². The minimum Gasteiger partial charge on any atom is -0.354 e. The molecule has 1 aromatic carbocycles. The molecule has 1 aliphatic heterocycles. The van der Waals surface area contributed by atoms with Crippen LogP contribution in [0.3, 0.4) is 0 Å². The number of hydrogen-bond donors (Lipinski definition) is 2. The minimum absolute atomic E-state index is 0. The van der Waals surface area contributed by atoms with Gasteiger partial charge < -0.3 is 10.6 Å². The van der Waals surface area contributed by atoms with Crippen LogP contribution in [0.2, 0.25) is 0 Å². The summed E-state index contributed by atoms with van der Waals surface area (Å²) >= 11 is 1.97. The minimum atomic E-state index is -0.151. The fraction of sp³-hybridized carbons (Fsp3) is 0.562. The van der Waals surface area contributed by atoms with Crippen LogP contribution in [0.4, 0.5) is 0 Å². The molecule has 1 unspecified atom stereocenters. The van der Waals surface area contributed by atoms with Crippen LogP contribution in [0, 0.1) is 0 Å². The summed E-state index contributed by atoms with van der Waals surface area (Å²) in [5.74, 6) is 2.34. The lowest BCUT2D eigenvalue weighted by Gasteiger charge is -2.33. The summed E-state index contributed by atoms with van der Waals surface area (Å²) in [7, 11) is 1.93. The lowest BCUT2D eigenvalue weighted by atomic mass is 10.0. The predicted molar refractivity (Wildman–Crippen MR) is 104 cm³/mol. The Morgan fingerprint density at radius 2 is 1.83 bits per heavy atom. The van der Waals surface area contributed by atoms with E-state index in [4.69, 9.17) is 0 Å². The van der Waals surface area contributed by atoms with Crippen molar-refractivity contribution in [1.82, 2.24) is 15.5 Å². The lowest BCUT2D eigenvalue weighted by Crippen LogP contribution is -2.44. The highest BCUT2D eigenvalue weighted by atomic mass is 35.5. The highest BCUT2D eigenvalue weighted by Gasteiger charge is 2.28. The van der Waals surface area contributed by atoms with Gasteiger partial charge in [0.25, 0.3) is 0 Å². The Bertz CT molecular complexity index is 431.